The number of alkyl halides is 2. The molecule has 7 heteroatoms. The molecule has 0 aromatic heterocycles. The molecule has 0 amide bonds. The third-order valence-electron chi connectivity index (χ3n) is 2.82. The van der Waals surface area contributed by atoms with Crippen LogP contribution in [0, 0.1) is 0 Å². The first kappa shape index (κ1) is 15.7. The molecule has 0 aliphatic rings. The fraction of sp³-hybridized carbons (Fsp3) is 0.214. The standard InChI is InChI=1S/C14H12F2O4S/c15-14(16,21-20-18)13(17)19-8-7-10-5-6-11-3-1-2-4-12(11)9-10/h1-6,9,18H,7-8H2. The van der Waals surface area contributed by atoms with Gasteiger partial charge in [0.1, 0.15) is 12.0 Å². The van der Waals surface area contributed by atoms with E-state index in [-0.39, 0.29) is 6.61 Å². The Morgan fingerprint density at radius 2 is 1.90 bits per heavy atom. The molecule has 112 valence electrons. The molecule has 0 fully saturated rings. The van der Waals surface area contributed by atoms with Crippen molar-refractivity contribution in [1.82, 2.24) is 0 Å². The van der Waals surface area contributed by atoms with Gasteiger partial charge in [-0.3, -0.25) is 0 Å². The molecule has 0 spiro atoms. The summed E-state index contributed by atoms with van der Waals surface area (Å²) < 4.78 is 33.6. The second kappa shape index (κ2) is 6.84. The maximum absolute atomic E-state index is 13.0. The van der Waals surface area contributed by atoms with Crippen LogP contribution in [0.4, 0.5) is 8.78 Å². The summed E-state index contributed by atoms with van der Waals surface area (Å²) in [6.45, 7) is -0.182. The van der Waals surface area contributed by atoms with Gasteiger partial charge in [-0.1, -0.05) is 42.5 Å². The van der Waals surface area contributed by atoms with E-state index in [1.165, 1.54) is 0 Å². The Balaban J connectivity index is 1.91. The molecule has 0 atom stereocenters. The number of ether oxygens (including phenoxy) is 1. The van der Waals surface area contributed by atoms with Gasteiger partial charge in [-0.15, -0.1) is 0 Å². The van der Waals surface area contributed by atoms with E-state index in [4.69, 9.17) is 5.26 Å². The van der Waals surface area contributed by atoms with Gasteiger partial charge in [0.15, 0.2) is 0 Å². The molecule has 2 aromatic rings. The normalized spacial score (nSPS) is 11.6. The van der Waals surface area contributed by atoms with E-state index in [0.717, 1.165) is 16.3 Å². The van der Waals surface area contributed by atoms with Crippen molar-refractivity contribution in [3.05, 3.63) is 48.0 Å². The molecule has 0 radical (unpaired) electrons. The molecule has 2 aromatic carbocycles. The predicted molar refractivity (Wildman–Crippen MR) is 74.9 cm³/mol. The number of rotatable bonds is 6. The number of halogens is 2. The van der Waals surface area contributed by atoms with Crippen molar-refractivity contribution in [2.75, 3.05) is 6.61 Å². The van der Waals surface area contributed by atoms with Crippen molar-refractivity contribution < 1.29 is 27.9 Å². The van der Waals surface area contributed by atoms with Gasteiger partial charge < -0.3 is 4.74 Å². The SMILES string of the molecule is O=C(OCCc1ccc2ccccc2c1)C(F)(F)SOO. The Labute approximate surface area is 123 Å². The summed E-state index contributed by atoms with van der Waals surface area (Å²) in [5.41, 5.74) is 0.871. The van der Waals surface area contributed by atoms with E-state index in [1.807, 2.05) is 42.5 Å². The summed E-state index contributed by atoms with van der Waals surface area (Å²) in [4.78, 5) is 11.1. The Bertz CT molecular complexity index is 633. The van der Waals surface area contributed by atoms with Crippen LogP contribution in [0.2, 0.25) is 0 Å². The Morgan fingerprint density at radius 1 is 1.19 bits per heavy atom. The van der Waals surface area contributed by atoms with Crippen molar-refractivity contribution in [2.45, 2.75) is 11.7 Å². The average molecular weight is 314 g/mol. The molecule has 0 saturated carbocycles. The highest BCUT2D eigenvalue weighted by atomic mass is 32.2. The third kappa shape index (κ3) is 4.13. The number of esters is 1. The molecule has 0 unspecified atom stereocenters. The Morgan fingerprint density at radius 3 is 2.62 bits per heavy atom. The summed E-state index contributed by atoms with van der Waals surface area (Å²) in [6, 6.07) is 13.4. The van der Waals surface area contributed by atoms with E-state index >= 15 is 0 Å². The van der Waals surface area contributed by atoms with Crippen LogP contribution in [0.1, 0.15) is 5.56 Å². The van der Waals surface area contributed by atoms with Gasteiger partial charge in [-0.25, -0.2) is 10.1 Å². The van der Waals surface area contributed by atoms with E-state index < -0.39 is 23.3 Å². The third-order valence-corrected chi connectivity index (χ3v) is 3.27. The van der Waals surface area contributed by atoms with Gasteiger partial charge in [0, 0.05) is 6.42 Å². The zero-order valence-electron chi connectivity index (χ0n) is 10.8. The molecule has 2 rings (SSSR count). The number of carbonyl (C=O) groups is 1. The van der Waals surface area contributed by atoms with Crippen molar-refractivity contribution in [1.29, 1.82) is 0 Å². The number of fused-ring (bicyclic) bond motifs is 1. The monoisotopic (exact) mass is 314 g/mol. The quantitative estimate of drug-likeness (QED) is 0.382. The maximum atomic E-state index is 13.0. The van der Waals surface area contributed by atoms with Crippen LogP contribution >= 0.6 is 12.0 Å². The lowest BCUT2D eigenvalue weighted by molar-refractivity contribution is -0.165. The smallest absolute Gasteiger partial charge is 0.415 e. The maximum Gasteiger partial charge on any atom is 0.415 e. The van der Waals surface area contributed by atoms with Crippen LogP contribution in [0.25, 0.3) is 10.8 Å². The van der Waals surface area contributed by atoms with E-state index in [9.17, 15) is 13.6 Å². The highest BCUT2D eigenvalue weighted by Crippen LogP contribution is 2.30. The molecular weight excluding hydrogens is 302 g/mol. The number of carbonyl (C=O) groups excluding carboxylic acids is 1. The summed E-state index contributed by atoms with van der Waals surface area (Å²) in [7, 11) is 0. The minimum Gasteiger partial charge on any atom is -0.460 e. The first-order valence-corrected chi connectivity index (χ1v) is 6.79. The summed E-state index contributed by atoms with van der Waals surface area (Å²) in [5, 5.41) is 6.09. The lowest BCUT2D eigenvalue weighted by Gasteiger charge is -2.11. The van der Waals surface area contributed by atoms with E-state index in [0.29, 0.717) is 6.42 Å². The van der Waals surface area contributed by atoms with Crippen molar-refractivity contribution in [3.8, 4) is 0 Å². The highest BCUT2D eigenvalue weighted by Gasteiger charge is 2.43. The van der Waals surface area contributed by atoms with Crippen LogP contribution in [0.3, 0.4) is 0 Å². The van der Waals surface area contributed by atoms with Crippen LogP contribution in [0.15, 0.2) is 42.5 Å². The number of hydrogen-bond acceptors (Lipinski definition) is 5. The number of benzene rings is 2. The van der Waals surface area contributed by atoms with Crippen molar-refractivity contribution in [2.24, 2.45) is 0 Å². The molecule has 0 bridgehead atoms. The molecule has 0 aliphatic carbocycles. The molecule has 0 aliphatic heterocycles. The number of hydrogen-bond donors (Lipinski definition) is 1. The Hall–Kier alpha value is -1.70. The van der Waals surface area contributed by atoms with Crippen molar-refractivity contribution >= 4 is 28.8 Å². The summed E-state index contributed by atoms with van der Waals surface area (Å²) in [6.07, 6.45) is 0.317. The summed E-state index contributed by atoms with van der Waals surface area (Å²) >= 11 is -0.663. The molecule has 4 nitrogen and oxygen atoms in total. The first-order valence-electron chi connectivity index (χ1n) is 6.05. The van der Waals surface area contributed by atoms with Gasteiger partial charge in [0.2, 0.25) is 0 Å². The molecule has 0 saturated heterocycles. The van der Waals surface area contributed by atoms with Crippen LogP contribution in [0.5, 0.6) is 0 Å². The highest BCUT2D eigenvalue weighted by molar-refractivity contribution is 7.96. The lowest BCUT2D eigenvalue weighted by Crippen LogP contribution is -2.28. The zero-order valence-corrected chi connectivity index (χ0v) is 11.6. The van der Waals surface area contributed by atoms with Gasteiger partial charge in [-0.05, 0) is 16.3 Å². The topological polar surface area (TPSA) is 55.8 Å². The minimum absolute atomic E-state index is 0.182. The second-order valence-corrected chi connectivity index (χ2v) is 5.07. The van der Waals surface area contributed by atoms with Crippen LogP contribution in [-0.2, 0) is 20.3 Å². The van der Waals surface area contributed by atoms with Gasteiger partial charge in [-0.2, -0.15) is 13.1 Å². The fourth-order valence-corrected chi connectivity index (χ4v) is 2.04. The molecule has 21 heavy (non-hydrogen) atoms. The predicted octanol–water partition coefficient (Wildman–Crippen LogP) is 3.66. The largest absolute Gasteiger partial charge is 0.460 e. The molecular formula is C14H12F2O4S. The van der Waals surface area contributed by atoms with E-state index in [2.05, 4.69) is 9.07 Å². The van der Waals surface area contributed by atoms with Gasteiger partial charge in [0.25, 0.3) is 0 Å². The van der Waals surface area contributed by atoms with Gasteiger partial charge >= 0.3 is 11.2 Å². The minimum atomic E-state index is -3.93. The zero-order chi connectivity index (χ0) is 15.3. The molecule has 0 heterocycles. The average Bonchev–Trinajstić information content (AvgIpc) is 2.47. The summed E-state index contributed by atoms with van der Waals surface area (Å²) in [5.74, 6) is -1.75. The molecule has 1 N–H and O–H groups in total. The van der Waals surface area contributed by atoms with E-state index in [1.54, 1.807) is 0 Å². The van der Waals surface area contributed by atoms with Crippen LogP contribution < -0.4 is 0 Å². The lowest BCUT2D eigenvalue weighted by atomic mass is 10.1. The Kier molecular flexibility index (Phi) is 5.11. The fourth-order valence-electron chi connectivity index (χ4n) is 1.82. The van der Waals surface area contributed by atoms with Crippen LogP contribution in [-0.4, -0.2) is 23.1 Å². The van der Waals surface area contributed by atoms with Gasteiger partial charge in [0.05, 0.1) is 6.61 Å². The second-order valence-electron chi connectivity index (χ2n) is 4.24. The first-order chi connectivity index (χ1) is 10.0. The van der Waals surface area contributed by atoms with Crippen molar-refractivity contribution in [3.63, 3.8) is 0 Å².